The van der Waals surface area contributed by atoms with E-state index in [9.17, 15) is 9.59 Å². The fourth-order valence-electron chi connectivity index (χ4n) is 4.83. The van der Waals surface area contributed by atoms with Gasteiger partial charge < -0.3 is 19.5 Å². The van der Waals surface area contributed by atoms with Gasteiger partial charge in [-0.3, -0.25) is 9.59 Å². The number of aromatic nitrogens is 1. The van der Waals surface area contributed by atoms with E-state index in [-0.39, 0.29) is 17.9 Å². The second-order valence-electron chi connectivity index (χ2n) is 8.76. The number of hydrogen-bond acceptors (Lipinski definition) is 4. The Morgan fingerprint density at radius 2 is 1.97 bits per heavy atom. The molecule has 5 rings (SSSR count). The minimum atomic E-state index is -0.970. The summed E-state index contributed by atoms with van der Waals surface area (Å²) in [4.78, 5) is 30.1. The number of rotatable bonds is 5. The molecule has 1 aliphatic heterocycles. The molecular formula is C24H27N3O3S. The summed E-state index contributed by atoms with van der Waals surface area (Å²) in [5, 5.41) is 6.33. The predicted molar refractivity (Wildman–Crippen MR) is 121 cm³/mol. The van der Waals surface area contributed by atoms with Gasteiger partial charge in [0, 0.05) is 18.0 Å². The lowest BCUT2D eigenvalue weighted by Gasteiger charge is -2.44. The van der Waals surface area contributed by atoms with E-state index in [2.05, 4.69) is 5.32 Å². The highest BCUT2D eigenvalue weighted by Gasteiger charge is 2.48. The third-order valence-electron chi connectivity index (χ3n) is 6.71. The summed E-state index contributed by atoms with van der Waals surface area (Å²) < 4.78 is 7.29. The Bertz CT molecular complexity index is 1130. The number of ether oxygens (including phenoxy) is 1. The van der Waals surface area contributed by atoms with Crippen LogP contribution in [0.2, 0.25) is 0 Å². The SMILES string of the molecule is COc1ccc(CN2C(=O)c3cc4ccsc4n3CC2(C)C(=O)NC2CCCC2)cc1. The zero-order valence-corrected chi connectivity index (χ0v) is 18.7. The second-order valence-corrected chi connectivity index (χ2v) is 9.66. The van der Waals surface area contributed by atoms with Crippen LogP contribution in [-0.4, -0.2) is 40.0 Å². The summed E-state index contributed by atoms with van der Waals surface area (Å²) in [6.45, 7) is 2.73. The van der Waals surface area contributed by atoms with Gasteiger partial charge in [0.05, 0.1) is 13.7 Å². The molecule has 1 aromatic carbocycles. The lowest BCUT2D eigenvalue weighted by molar-refractivity contribution is -0.133. The molecule has 7 heteroatoms. The van der Waals surface area contributed by atoms with Crippen molar-refractivity contribution in [3.8, 4) is 5.75 Å². The van der Waals surface area contributed by atoms with Gasteiger partial charge in [-0.05, 0) is 55.0 Å². The average molecular weight is 438 g/mol. The summed E-state index contributed by atoms with van der Waals surface area (Å²) in [6, 6.07) is 11.9. The highest BCUT2D eigenvalue weighted by molar-refractivity contribution is 7.16. The van der Waals surface area contributed by atoms with Crippen LogP contribution < -0.4 is 10.1 Å². The zero-order valence-electron chi connectivity index (χ0n) is 17.9. The van der Waals surface area contributed by atoms with E-state index in [4.69, 9.17) is 4.74 Å². The molecule has 2 amide bonds. The maximum atomic E-state index is 13.7. The molecule has 3 heterocycles. The van der Waals surface area contributed by atoms with Gasteiger partial charge in [-0.15, -0.1) is 11.3 Å². The van der Waals surface area contributed by atoms with Crippen LogP contribution in [0.15, 0.2) is 41.8 Å². The van der Waals surface area contributed by atoms with Gasteiger partial charge in [0.2, 0.25) is 5.91 Å². The normalized spacial score (nSPS) is 21.5. The van der Waals surface area contributed by atoms with Crippen LogP contribution >= 0.6 is 11.3 Å². The van der Waals surface area contributed by atoms with Crippen LogP contribution in [-0.2, 0) is 17.9 Å². The Balaban J connectivity index is 1.53. The maximum Gasteiger partial charge on any atom is 0.271 e. The average Bonchev–Trinajstić information content (AvgIpc) is 3.50. The standard InChI is InChI=1S/C24H27N3O3S/c1-24(23(29)25-18-5-3-4-6-18)15-26-20(13-17-11-12-31-22(17)26)21(28)27(24)14-16-7-9-19(30-2)10-8-16/h7-13,18H,3-6,14-15H2,1-2H3,(H,25,29). The summed E-state index contributed by atoms with van der Waals surface area (Å²) in [5.41, 5.74) is 0.653. The number of thiophene rings is 1. The van der Waals surface area contributed by atoms with E-state index in [0.717, 1.165) is 47.2 Å². The van der Waals surface area contributed by atoms with Crippen LogP contribution in [0, 0.1) is 0 Å². The third-order valence-corrected chi connectivity index (χ3v) is 7.66. The topological polar surface area (TPSA) is 63.6 Å². The van der Waals surface area contributed by atoms with E-state index in [1.54, 1.807) is 23.3 Å². The highest BCUT2D eigenvalue weighted by Crippen LogP contribution is 2.36. The third kappa shape index (κ3) is 3.41. The monoisotopic (exact) mass is 437 g/mol. The Labute approximate surface area is 185 Å². The molecule has 162 valence electrons. The molecule has 1 N–H and O–H groups in total. The zero-order chi connectivity index (χ0) is 21.6. The summed E-state index contributed by atoms with van der Waals surface area (Å²) >= 11 is 1.61. The van der Waals surface area contributed by atoms with Gasteiger partial charge in [-0.1, -0.05) is 25.0 Å². The van der Waals surface area contributed by atoms with Crippen LogP contribution in [0.25, 0.3) is 10.2 Å². The molecule has 1 saturated carbocycles. The first kappa shape index (κ1) is 20.1. The number of fused-ring (bicyclic) bond motifs is 3. The van der Waals surface area contributed by atoms with Crippen molar-refractivity contribution in [1.82, 2.24) is 14.8 Å². The molecule has 1 aliphatic carbocycles. The van der Waals surface area contributed by atoms with Crippen molar-refractivity contribution in [2.24, 2.45) is 0 Å². The van der Waals surface area contributed by atoms with E-state index in [1.165, 1.54) is 0 Å². The first-order chi connectivity index (χ1) is 15.0. The van der Waals surface area contributed by atoms with Gasteiger partial charge in [-0.2, -0.15) is 0 Å². The molecule has 2 aromatic heterocycles. The van der Waals surface area contributed by atoms with Crippen molar-refractivity contribution in [2.75, 3.05) is 7.11 Å². The highest BCUT2D eigenvalue weighted by atomic mass is 32.1. The molecule has 3 aromatic rings. The number of carbonyl (C=O) groups is 2. The van der Waals surface area contributed by atoms with Crippen LogP contribution in [0.5, 0.6) is 5.75 Å². The fraction of sp³-hybridized carbons (Fsp3) is 0.417. The number of carbonyl (C=O) groups excluding carboxylic acids is 2. The maximum absolute atomic E-state index is 13.7. The van der Waals surface area contributed by atoms with E-state index >= 15 is 0 Å². The fourth-order valence-corrected chi connectivity index (χ4v) is 5.73. The molecule has 31 heavy (non-hydrogen) atoms. The number of benzene rings is 1. The molecule has 1 unspecified atom stereocenters. The molecule has 0 saturated heterocycles. The van der Waals surface area contributed by atoms with Crippen molar-refractivity contribution in [1.29, 1.82) is 0 Å². The Morgan fingerprint density at radius 3 is 2.68 bits per heavy atom. The van der Waals surface area contributed by atoms with Crippen LogP contribution in [0.4, 0.5) is 0 Å². The summed E-state index contributed by atoms with van der Waals surface area (Å²) in [5.74, 6) is 0.601. The van der Waals surface area contributed by atoms with E-state index < -0.39 is 5.54 Å². The molecule has 0 bridgehead atoms. The molecule has 6 nitrogen and oxygen atoms in total. The number of hydrogen-bond donors (Lipinski definition) is 1. The Morgan fingerprint density at radius 1 is 1.23 bits per heavy atom. The minimum absolute atomic E-state index is 0.0645. The van der Waals surface area contributed by atoms with Crippen molar-refractivity contribution >= 4 is 33.4 Å². The number of methoxy groups -OCH3 is 1. The van der Waals surface area contributed by atoms with Crippen molar-refractivity contribution in [3.05, 3.63) is 53.0 Å². The lowest BCUT2D eigenvalue weighted by atomic mass is 9.93. The second kappa shape index (κ2) is 7.71. The van der Waals surface area contributed by atoms with Crippen molar-refractivity contribution < 1.29 is 14.3 Å². The first-order valence-electron chi connectivity index (χ1n) is 10.8. The minimum Gasteiger partial charge on any atom is -0.497 e. The van der Waals surface area contributed by atoms with Gasteiger partial charge >= 0.3 is 0 Å². The Kier molecular flexibility index (Phi) is 5.01. The molecule has 2 aliphatic rings. The summed E-state index contributed by atoms with van der Waals surface area (Å²) in [6.07, 6.45) is 4.32. The predicted octanol–water partition coefficient (Wildman–Crippen LogP) is 4.18. The van der Waals surface area contributed by atoms with Gasteiger partial charge in [0.15, 0.2) is 0 Å². The van der Waals surface area contributed by atoms with Crippen LogP contribution in [0.3, 0.4) is 0 Å². The molecular weight excluding hydrogens is 410 g/mol. The number of nitrogens with one attached hydrogen (secondary N) is 1. The van der Waals surface area contributed by atoms with Crippen molar-refractivity contribution in [3.63, 3.8) is 0 Å². The van der Waals surface area contributed by atoms with Gasteiger partial charge in [0.25, 0.3) is 5.91 Å². The van der Waals surface area contributed by atoms with E-state index in [0.29, 0.717) is 18.8 Å². The molecule has 0 spiro atoms. The number of nitrogens with zero attached hydrogens (tertiary/aromatic N) is 2. The lowest BCUT2D eigenvalue weighted by Crippen LogP contribution is -2.64. The molecule has 0 radical (unpaired) electrons. The first-order valence-corrected chi connectivity index (χ1v) is 11.7. The quantitative estimate of drug-likeness (QED) is 0.651. The van der Waals surface area contributed by atoms with Gasteiger partial charge in [0.1, 0.15) is 21.8 Å². The summed E-state index contributed by atoms with van der Waals surface area (Å²) in [7, 11) is 1.63. The van der Waals surface area contributed by atoms with E-state index in [1.807, 2.05) is 53.3 Å². The van der Waals surface area contributed by atoms with Gasteiger partial charge in [-0.25, -0.2) is 0 Å². The molecule has 1 fully saturated rings. The Hall–Kier alpha value is -2.80. The molecule has 1 atom stereocenters. The number of amides is 2. The van der Waals surface area contributed by atoms with Crippen LogP contribution in [0.1, 0.15) is 48.7 Å². The largest absolute Gasteiger partial charge is 0.497 e. The van der Waals surface area contributed by atoms with Crippen molar-refractivity contribution in [2.45, 2.75) is 57.3 Å². The smallest absolute Gasteiger partial charge is 0.271 e.